The van der Waals surface area contributed by atoms with Crippen LogP contribution in [0.1, 0.15) is 52.4 Å². The molecule has 22 heavy (non-hydrogen) atoms. The number of benzene rings is 2. The van der Waals surface area contributed by atoms with Gasteiger partial charge in [-0.05, 0) is 25.0 Å². The zero-order valence-corrected chi connectivity index (χ0v) is 14.1. The van der Waals surface area contributed by atoms with E-state index in [9.17, 15) is 0 Å². The number of unbranched alkanes of at least 4 members (excludes halogenated alkanes) is 4. The number of anilines is 2. The van der Waals surface area contributed by atoms with Gasteiger partial charge < -0.3 is 10.6 Å². The number of fused-ring (bicyclic) bond motifs is 1. The van der Waals surface area contributed by atoms with Crippen molar-refractivity contribution in [3.63, 3.8) is 0 Å². The minimum absolute atomic E-state index is 1.06. The highest BCUT2D eigenvalue weighted by Gasteiger charge is 2.05. The molecule has 0 amide bonds. The molecule has 0 heterocycles. The van der Waals surface area contributed by atoms with Gasteiger partial charge in [-0.25, -0.2) is 0 Å². The molecule has 0 atom stereocenters. The Kier molecular flexibility index (Phi) is 7.08. The summed E-state index contributed by atoms with van der Waals surface area (Å²) in [6.45, 7) is 6.60. The summed E-state index contributed by atoms with van der Waals surface area (Å²) in [4.78, 5) is 0. The highest BCUT2D eigenvalue weighted by molar-refractivity contribution is 6.01. The molecule has 2 N–H and O–H groups in total. The highest BCUT2D eigenvalue weighted by atomic mass is 14.9. The minimum Gasteiger partial charge on any atom is -0.385 e. The van der Waals surface area contributed by atoms with Gasteiger partial charge in [-0.1, -0.05) is 63.8 Å². The lowest BCUT2D eigenvalue weighted by Gasteiger charge is -2.14. The number of hydrogen-bond donors (Lipinski definition) is 2. The Morgan fingerprint density at radius 1 is 0.636 bits per heavy atom. The van der Waals surface area contributed by atoms with Crippen LogP contribution in [-0.2, 0) is 0 Å². The lowest BCUT2D eigenvalue weighted by molar-refractivity contribution is 0.743. The van der Waals surface area contributed by atoms with Gasteiger partial charge in [0.25, 0.3) is 0 Å². The molecular weight excluding hydrogens is 268 g/mol. The summed E-state index contributed by atoms with van der Waals surface area (Å²) in [5.74, 6) is 0. The zero-order valence-electron chi connectivity index (χ0n) is 14.1. The summed E-state index contributed by atoms with van der Waals surface area (Å²) in [6.07, 6.45) is 7.60. The molecular formula is C20H30N2. The Bertz CT molecular complexity index is 512. The van der Waals surface area contributed by atoms with Crippen molar-refractivity contribution in [2.45, 2.75) is 52.4 Å². The maximum atomic E-state index is 3.60. The first-order chi connectivity index (χ1) is 10.9. The minimum atomic E-state index is 1.06. The second-order valence-electron chi connectivity index (χ2n) is 5.97. The summed E-state index contributed by atoms with van der Waals surface area (Å²) in [5, 5.41) is 9.83. The maximum Gasteiger partial charge on any atom is 0.0421 e. The summed E-state index contributed by atoms with van der Waals surface area (Å²) in [5.41, 5.74) is 2.51. The molecule has 120 valence electrons. The number of rotatable bonds is 10. The normalized spacial score (nSPS) is 10.8. The van der Waals surface area contributed by atoms with Gasteiger partial charge in [0.15, 0.2) is 0 Å². The van der Waals surface area contributed by atoms with Crippen LogP contribution in [0.4, 0.5) is 11.4 Å². The molecule has 0 bridgehead atoms. The van der Waals surface area contributed by atoms with E-state index in [0.717, 1.165) is 13.1 Å². The first kappa shape index (κ1) is 16.7. The molecule has 0 aromatic heterocycles. The molecule has 0 aliphatic carbocycles. The predicted octanol–water partition coefficient (Wildman–Crippen LogP) is 6.04. The average Bonchev–Trinajstić information content (AvgIpc) is 2.56. The Hall–Kier alpha value is -1.70. The van der Waals surface area contributed by atoms with Gasteiger partial charge in [0.05, 0.1) is 0 Å². The largest absolute Gasteiger partial charge is 0.385 e. The molecule has 0 unspecified atom stereocenters. The van der Waals surface area contributed by atoms with Crippen LogP contribution in [0.25, 0.3) is 10.8 Å². The molecule has 2 nitrogen and oxygen atoms in total. The van der Waals surface area contributed by atoms with Gasteiger partial charge in [-0.15, -0.1) is 0 Å². The van der Waals surface area contributed by atoms with Crippen LogP contribution in [0.2, 0.25) is 0 Å². The van der Waals surface area contributed by atoms with Crippen molar-refractivity contribution in [3.8, 4) is 0 Å². The standard InChI is InChI=1S/C20H30N2/c1-3-5-9-15-21-19-13-14-20(22-16-10-6-4-2)18-12-8-7-11-17(18)19/h7-8,11-14,21-22H,3-6,9-10,15-16H2,1-2H3. The van der Waals surface area contributed by atoms with Crippen molar-refractivity contribution >= 4 is 22.1 Å². The van der Waals surface area contributed by atoms with E-state index < -0.39 is 0 Å². The van der Waals surface area contributed by atoms with Crippen LogP contribution in [0.3, 0.4) is 0 Å². The van der Waals surface area contributed by atoms with Crippen molar-refractivity contribution in [1.29, 1.82) is 0 Å². The van der Waals surface area contributed by atoms with Crippen LogP contribution in [0.5, 0.6) is 0 Å². The second-order valence-corrected chi connectivity index (χ2v) is 5.97. The van der Waals surface area contributed by atoms with Crippen LogP contribution >= 0.6 is 0 Å². The van der Waals surface area contributed by atoms with E-state index in [1.165, 1.54) is 60.7 Å². The van der Waals surface area contributed by atoms with E-state index >= 15 is 0 Å². The first-order valence-corrected chi connectivity index (χ1v) is 8.86. The summed E-state index contributed by atoms with van der Waals surface area (Å²) in [7, 11) is 0. The lowest BCUT2D eigenvalue weighted by atomic mass is 10.1. The van der Waals surface area contributed by atoms with Crippen LogP contribution < -0.4 is 10.6 Å². The van der Waals surface area contributed by atoms with Crippen molar-refractivity contribution in [2.75, 3.05) is 23.7 Å². The predicted molar refractivity (Wildman–Crippen MR) is 100.0 cm³/mol. The maximum absolute atomic E-state index is 3.60. The first-order valence-electron chi connectivity index (χ1n) is 8.86. The van der Waals surface area contributed by atoms with E-state index in [1.54, 1.807) is 0 Å². The zero-order chi connectivity index (χ0) is 15.6. The Balaban J connectivity index is 2.08. The van der Waals surface area contributed by atoms with Crippen LogP contribution in [-0.4, -0.2) is 13.1 Å². The Morgan fingerprint density at radius 2 is 1.09 bits per heavy atom. The Morgan fingerprint density at radius 3 is 1.50 bits per heavy atom. The topological polar surface area (TPSA) is 24.1 Å². The van der Waals surface area contributed by atoms with Gasteiger partial charge in [0.2, 0.25) is 0 Å². The van der Waals surface area contributed by atoms with Crippen molar-refractivity contribution < 1.29 is 0 Å². The molecule has 0 aliphatic rings. The van der Waals surface area contributed by atoms with E-state index in [-0.39, 0.29) is 0 Å². The Labute approximate surface area is 135 Å². The van der Waals surface area contributed by atoms with E-state index in [0.29, 0.717) is 0 Å². The third kappa shape index (κ3) is 4.66. The van der Waals surface area contributed by atoms with Crippen LogP contribution in [0, 0.1) is 0 Å². The van der Waals surface area contributed by atoms with Crippen LogP contribution in [0.15, 0.2) is 36.4 Å². The van der Waals surface area contributed by atoms with Crippen molar-refractivity contribution in [1.82, 2.24) is 0 Å². The third-order valence-corrected chi connectivity index (χ3v) is 4.12. The van der Waals surface area contributed by atoms with E-state index in [4.69, 9.17) is 0 Å². The molecule has 2 rings (SSSR count). The molecule has 2 aromatic carbocycles. The fourth-order valence-corrected chi connectivity index (χ4v) is 2.80. The highest BCUT2D eigenvalue weighted by Crippen LogP contribution is 2.30. The van der Waals surface area contributed by atoms with Gasteiger partial charge in [0, 0.05) is 35.2 Å². The molecule has 0 fully saturated rings. The molecule has 0 saturated heterocycles. The van der Waals surface area contributed by atoms with Gasteiger partial charge >= 0.3 is 0 Å². The fourth-order valence-electron chi connectivity index (χ4n) is 2.80. The van der Waals surface area contributed by atoms with E-state index in [2.05, 4.69) is 60.9 Å². The monoisotopic (exact) mass is 298 g/mol. The summed E-state index contributed by atoms with van der Waals surface area (Å²) in [6, 6.07) is 13.1. The van der Waals surface area contributed by atoms with E-state index in [1.807, 2.05) is 0 Å². The molecule has 0 saturated carbocycles. The summed E-state index contributed by atoms with van der Waals surface area (Å²) < 4.78 is 0. The second kappa shape index (κ2) is 9.34. The molecule has 2 aromatic rings. The SMILES string of the molecule is CCCCCNc1ccc(NCCCCC)c2ccccc12. The van der Waals surface area contributed by atoms with Crippen molar-refractivity contribution in [3.05, 3.63) is 36.4 Å². The number of nitrogens with one attached hydrogen (secondary N) is 2. The van der Waals surface area contributed by atoms with Gasteiger partial charge in [0.1, 0.15) is 0 Å². The third-order valence-electron chi connectivity index (χ3n) is 4.12. The van der Waals surface area contributed by atoms with Crippen molar-refractivity contribution in [2.24, 2.45) is 0 Å². The lowest BCUT2D eigenvalue weighted by Crippen LogP contribution is -2.04. The molecule has 0 spiro atoms. The average molecular weight is 298 g/mol. The summed E-state index contributed by atoms with van der Waals surface area (Å²) >= 11 is 0. The molecule has 0 aliphatic heterocycles. The molecule has 0 radical (unpaired) electrons. The quantitative estimate of drug-likeness (QED) is 0.522. The number of hydrogen-bond acceptors (Lipinski definition) is 2. The van der Waals surface area contributed by atoms with Gasteiger partial charge in [-0.3, -0.25) is 0 Å². The molecule has 2 heteroatoms. The van der Waals surface area contributed by atoms with Gasteiger partial charge in [-0.2, -0.15) is 0 Å². The smallest absolute Gasteiger partial charge is 0.0421 e. The fraction of sp³-hybridized carbons (Fsp3) is 0.500.